The Morgan fingerprint density at radius 2 is 2.03 bits per heavy atom. The second-order valence-corrected chi connectivity index (χ2v) is 7.53. The third kappa shape index (κ3) is 5.08. The molecular formula is C21H20Cl2N2O4. The summed E-state index contributed by atoms with van der Waals surface area (Å²) in [6, 6.07) is 10.1. The van der Waals surface area contributed by atoms with Crippen molar-refractivity contribution in [2.75, 3.05) is 18.0 Å². The molecule has 3 rings (SSSR count). The minimum atomic E-state index is -0.780. The van der Waals surface area contributed by atoms with Gasteiger partial charge in [-0.15, -0.1) is 0 Å². The number of hydrogen-bond acceptors (Lipinski definition) is 4. The van der Waals surface area contributed by atoms with Crippen LogP contribution in [-0.2, 0) is 16.0 Å². The number of Topliss-reactive ketones (excluding diaryl/α,β-unsaturated/α-hetero) is 1. The van der Waals surface area contributed by atoms with E-state index >= 15 is 0 Å². The molecule has 152 valence electrons. The molecular weight excluding hydrogens is 415 g/mol. The maximum absolute atomic E-state index is 12.4. The number of hydrogen-bond donors (Lipinski definition) is 1. The van der Waals surface area contributed by atoms with Crippen molar-refractivity contribution in [3.05, 3.63) is 57.6 Å². The van der Waals surface area contributed by atoms with Crippen LogP contribution in [0.5, 0.6) is 5.75 Å². The largest absolute Gasteiger partial charge is 0.479 e. The number of ketones is 1. The van der Waals surface area contributed by atoms with E-state index in [9.17, 15) is 14.4 Å². The Hall–Kier alpha value is -2.57. The lowest BCUT2D eigenvalue weighted by Gasteiger charge is -2.15. The molecule has 8 heteroatoms. The zero-order valence-corrected chi connectivity index (χ0v) is 17.3. The Labute approximate surface area is 178 Å². The van der Waals surface area contributed by atoms with E-state index in [1.165, 1.54) is 6.07 Å². The van der Waals surface area contributed by atoms with Gasteiger partial charge in [-0.2, -0.15) is 0 Å². The van der Waals surface area contributed by atoms with Crippen molar-refractivity contribution < 1.29 is 19.1 Å². The Morgan fingerprint density at radius 1 is 1.24 bits per heavy atom. The van der Waals surface area contributed by atoms with E-state index in [1.807, 2.05) is 6.07 Å². The van der Waals surface area contributed by atoms with Crippen molar-refractivity contribution in [1.29, 1.82) is 0 Å². The zero-order valence-electron chi connectivity index (χ0n) is 15.8. The molecule has 0 fully saturated rings. The maximum atomic E-state index is 12.4. The third-order valence-corrected chi connectivity index (χ3v) is 5.21. The third-order valence-electron chi connectivity index (χ3n) is 4.68. The molecule has 29 heavy (non-hydrogen) atoms. The highest BCUT2D eigenvalue weighted by Gasteiger charge is 2.20. The molecule has 2 aromatic rings. The molecule has 0 radical (unpaired) electrons. The van der Waals surface area contributed by atoms with Gasteiger partial charge in [-0.05, 0) is 55.3 Å². The van der Waals surface area contributed by atoms with Crippen LogP contribution in [0.4, 0.5) is 5.69 Å². The lowest BCUT2D eigenvalue weighted by atomic mass is 10.0. The summed E-state index contributed by atoms with van der Waals surface area (Å²) in [5.74, 6) is -0.0660. The van der Waals surface area contributed by atoms with Crippen LogP contribution in [0.15, 0.2) is 36.4 Å². The van der Waals surface area contributed by atoms with Crippen LogP contribution in [0.2, 0.25) is 10.0 Å². The second-order valence-electron chi connectivity index (χ2n) is 6.69. The molecule has 1 N–H and O–H groups in total. The molecule has 2 amide bonds. The Morgan fingerprint density at radius 3 is 2.76 bits per heavy atom. The van der Waals surface area contributed by atoms with Gasteiger partial charge in [0.15, 0.2) is 11.9 Å². The van der Waals surface area contributed by atoms with Crippen molar-refractivity contribution in [2.45, 2.75) is 25.9 Å². The van der Waals surface area contributed by atoms with Crippen LogP contribution in [-0.4, -0.2) is 37.3 Å². The van der Waals surface area contributed by atoms with Crippen LogP contribution >= 0.6 is 23.2 Å². The number of nitrogens with zero attached hydrogens (tertiary/aromatic N) is 1. The SMILES string of the molecule is CC(Oc1ccc(Cl)cc1Cl)C(=O)NCCC(=O)c1ccc2c(c1)CCN2C=O. The number of nitrogens with one attached hydrogen (secondary N) is 1. The van der Waals surface area contributed by atoms with E-state index in [4.69, 9.17) is 27.9 Å². The van der Waals surface area contributed by atoms with Crippen LogP contribution in [0, 0.1) is 0 Å². The van der Waals surface area contributed by atoms with Crippen molar-refractivity contribution >= 4 is 47.0 Å². The summed E-state index contributed by atoms with van der Waals surface area (Å²) < 4.78 is 5.55. The van der Waals surface area contributed by atoms with Gasteiger partial charge in [-0.25, -0.2) is 0 Å². The number of amides is 2. The molecule has 0 aliphatic carbocycles. The molecule has 0 saturated heterocycles. The highest BCUT2D eigenvalue weighted by Crippen LogP contribution is 2.29. The molecule has 1 heterocycles. The van der Waals surface area contributed by atoms with Gasteiger partial charge < -0.3 is 15.0 Å². The van der Waals surface area contributed by atoms with Gasteiger partial charge in [0.25, 0.3) is 5.91 Å². The number of carbonyl (C=O) groups is 3. The fourth-order valence-electron chi connectivity index (χ4n) is 3.11. The first-order chi connectivity index (χ1) is 13.9. The number of ether oxygens (including phenoxy) is 1. The summed E-state index contributed by atoms with van der Waals surface area (Å²) in [5, 5.41) is 3.49. The normalized spacial score (nSPS) is 13.6. The van der Waals surface area contributed by atoms with E-state index in [1.54, 1.807) is 36.1 Å². The quantitative estimate of drug-likeness (QED) is 0.507. The molecule has 2 aromatic carbocycles. The summed E-state index contributed by atoms with van der Waals surface area (Å²) in [7, 11) is 0. The van der Waals surface area contributed by atoms with E-state index in [0.717, 1.165) is 24.1 Å². The topological polar surface area (TPSA) is 75.7 Å². The first kappa shape index (κ1) is 21.1. The van der Waals surface area contributed by atoms with Crippen LogP contribution in [0.25, 0.3) is 0 Å². The standard InChI is InChI=1S/C21H20Cl2N2O4/c1-13(29-20-5-3-16(22)11-17(20)23)21(28)24-8-6-19(27)15-2-4-18-14(10-15)7-9-25(18)12-26/h2-5,10-13H,6-9H2,1H3,(H,24,28). The Kier molecular flexibility index (Phi) is 6.77. The van der Waals surface area contributed by atoms with Gasteiger partial charge >= 0.3 is 0 Å². The fourth-order valence-corrected chi connectivity index (χ4v) is 3.57. The second kappa shape index (κ2) is 9.29. The highest BCUT2D eigenvalue weighted by molar-refractivity contribution is 6.35. The summed E-state index contributed by atoms with van der Waals surface area (Å²) >= 11 is 11.9. The number of anilines is 1. The van der Waals surface area contributed by atoms with E-state index < -0.39 is 6.10 Å². The monoisotopic (exact) mass is 434 g/mol. The van der Waals surface area contributed by atoms with Crippen molar-refractivity contribution in [3.63, 3.8) is 0 Å². The first-order valence-corrected chi connectivity index (χ1v) is 9.92. The minimum absolute atomic E-state index is 0.0769. The molecule has 0 saturated carbocycles. The Bertz CT molecular complexity index is 948. The number of rotatable bonds is 8. The van der Waals surface area contributed by atoms with E-state index in [2.05, 4.69) is 5.32 Å². The molecule has 0 spiro atoms. The number of fused-ring (bicyclic) bond motifs is 1. The fraction of sp³-hybridized carbons (Fsp3) is 0.286. The first-order valence-electron chi connectivity index (χ1n) is 9.16. The van der Waals surface area contributed by atoms with Gasteiger partial charge in [0, 0.05) is 35.8 Å². The van der Waals surface area contributed by atoms with E-state index in [-0.39, 0.29) is 24.7 Å². The van der Waals surface area contributed by atoms with Crippen molar-refractivity contribution in [2.24, 2.45) is 0 Å². The molecule has 0 aromatic heterocycles. The summed E-state index contributed by atoms with van der Waals surface area (Å²) in [6.07, 6.45) is 0.909. The van der Waals surface area contributed by atoms with Gasteiger partial charge in [-0.3, -0.25) is 14.4 Å². The summed E-state index contributed by atoms with van der Waals surface area (Å²) in [4.78, 5) is 37.2. The summed E-state index contributed by atoms with van der Waals surface area (Å²) in [6.45, 7) is 2.42. The Balaban J connectivity index is 1.49. The molecule has 1 atom stereocenters. The van der Waals surface area contributed by atoms with Crippen LogP contribution in [0.1, 0.15) is 29.3 Å². The average molecular weight is 435 g/mol. The number of carbonyl (C=O) groups excluding carboxylic acids is 3. The van der Waals surface area contributed by atoms with E-state index in [0.29, 0.717) is 27.9 Å². The van der Waals surface area contributed by atoms with Gasteiger partial charge in [0.05, 0.1) is 5.02 Å². The lowest BCUT2D eigenvalue weighted by Crippen LogP contribution is -2.37. The zero-order chi connectivity index (χ0) is 21.0. The number of halogens is 2. The van der Waals surface area contributed by atoms with Crippen LogP contribution < -0.4 is 15.0 Å². The van der Waals surface area contributed by atoms with Crippen molar-refractivity contribution in [3.8, 4) is 5.75 Å². The van der Waals surface area contributed by atoms with Gasteiger partial charge in [0.1, 0.15) is 5.75 Å². The number of benzene rings is 2. The molecule has 1 aliphatic heterocycles. The van der Waals surface area contributed by atoms with Gasteiger partial charge in [0.2, 0.25) is 6.41 Å². The average Bonchev–Trinajstić information content (AvgIpc) is 3.12. The predicted molar refractivity (Wildman–Crippen MR) is 112 cm³/mol. The maximum Gasteiger partial charge on any atom is 0.260 e. The molecule has 0 bridgehead atoms. The molecule has 1 unspecified atom stereocenters. The van der Waals surface area contributed by atoms with Crippen LogP contribution in [0.3, 0.4) is 0 Å². The molecule has 6 nitrogen and oxygen atoms in total. The molecule has 1 aliphatic rings. The van der Waals surface area contributed by atoms with Gasteiger partial charge in [-0.1, -0.05) is 23.2 Å². The van der Waals surface area contributed by atoms with Crippen molar-refractivity contribution in [1.82, 2.24) is 5.32 Å². The lowest BCUT2D eigenvalue weighted by molar-refractivity contribution is -0.127. The smallest absolute Gasteiger partial charge is 0.260 e. The predicted octanol–water partition coefficient (Wildman–Crippen LogP) is 3.67. The highest BCUT2D eigenvalue weighted by atomic mass is 35.5. The minimum Gasteiger partial charge on any atom is -0.479 e. The summed E-state index contributed by atoms with van der Waals surface area (Å²) in [5.41, 5.74) is 2.40.